The topological polar surface area (TPSA) is 61.4 Å². The van der Waals surface area contributed by atoms with Gasteiger partial charge in [0.2, 0.25) is 5.91 Å². The third-order valence-electron chi connectivity index (χ3n) is 4.62. The van der Waals surface area contributed by atoms with Gasteiger partial charge in [0.05, 0.1) is 11.6 Å². The molecule has 2 rings (SSSR count). The van der Waals surface area contributed by atoms with Crippen LogP contribution in [0.25, 0.3) is 0 Å². The molecule has 110 valence electrons. The molecule has 1 atom stereocenters. The van der Waals surface area contributed by atoms with Crippen LogP contribution in [0, 0.1) is 0 Å². The van der Waals surface area contributed by atoms with Gasteiger partial charge in [-0.2, -0.15) is 0 Å². The lowest BCUT2D eigenvalue weighted by molar-refractivity contribution is -0.123. The maximum atomic E-state index is 12.0. The number of amides is 1. The van der Waals surface area contributed by atoms with Crippen molar-refractivity contribution in [2.75, 3.05) is 6.54 Å². The third kappa shape index (κ3) is 4.46. The van der Waals surface area contributed by atoms with Crippen molar-refractivity contribution in [3.63, 3.8) is 0 Å². The van der Waals surface area contributed by atoms with Gasteiger partial charge in [-0.1, -0.05) is 32.1 Å². The molecule has 0 aromatic carbocycles. The molecule has 0 spiro atoms. The average Bonchev–Trinajstić information content (AvgIpc) is 2.90. The van der Waals surface area contributed by atoms with E-state index in [2.05, 4.69) is 10.6 Å². The first-order chi connectivity index (χ1) is 9.09. The molecule has 0 saturated heterocycles. The molecule has 4 nitrogen and oxygen atoms in total. The van der Waals surface area contributed by atoms with Gasteiger partial charge in [0.25, 0.3) is 0 Å². The lowest BCUT2D eigenvalue weighted by atomic mass is 9.85. The Balaban J connectivity index is 1.70. The summed E-state index contributed by atoms with van der Waals surface area (Å²) < 4.78 is 0. The van der Waals surface area contributed by atoms with E-state index in [1.807, 2.05) is 6.92 Å². The zero-order valence-corrected chi connectivity index (χ0v) is 12.1. The smallest absolute Gasteiger partial charge is 0.237 e. The maximum Gasteiger partial charge on any atom is 0.237 e. The highest BCUT2D eigenvalue weighted by Gasteiger charge is 2.30. The molecular weight excluding hydrogens is 240 g/mol. The molecule has 2 fully saturated rings. The van der Waals surface area contributed by atoms with Gasteiger partial charge in [0, 0.05) is 12.6 Å². The average molecular weight is 268 g/mol. The number of hydrogen-bond acceptors (Lipinski definition) is 3. The van der Waals surface area contributed by atoms with Crippen molar-refractivity contribution >= 4 is 5.91 Å². The molecule has 4 heteroatoms. The monoisotopic (exact) mass is 268 g/mol. The molecule has 0 aromatic rings. The number of rotatable bonds is 5. The van der Waals surface area contributed by atoms with Crippen molar-refractivity contribution in [3.05, 3.63) is 0 Å². The van der Waals surface area contributed by atoms with E-state index >= 15 is 0 Å². The van der Waals surface area contributed by atoms with E-state index in [-0.39, 0.29) is 11.9 Å². The molecule has 2 aliphatic carbocycles. The molecule has 19 heavy (non-hydrogen) atoms. The minimum Gasteiger partial charge on any atom is -0.389 e. The van der Waals surface area contributed by atoms with Crippen LogP contribution in [-0.2, 0) is 4.79 Å². The van der Waals surface area contributed by atoms with E-state index in [0.29, 0.717) is 12.6 Å². The summed E-state index contributed by atoms with van der Waals surface area (Å²) in [5.41, 5.74) is -0.597. The Labute approximate surface area is 116 Å². The summed E-state index contributed by atoms with van der Waals surface area (Å²) >= 11 is 0. The van der Waals surface area contributed by atoms with E-state index in [9.17, 15) is 9.90 Å². The zero-order valence-electron chi connectivity index (χ0n) is 12.1. The standard InChI is InChI=1S/C15H28N2O2/c1-12(14(18)17-13-7-3-4-8-13)16-11-15(19)9-5-2-6-10-15/h12-13,16,19H,2-11H2,1H3,(H,17,18). The molecule has 0 radical (unpaired) electrons. The molecule has 3 N–H and O–H groups in total. The second-order valence-electron chi connectivity index (χ2n) is 6.38. The Morgan fingerprint density at radius 2 is 1.84 bits per heavy atom. The van der Waals surface area contributed by atoms with Gasteiger partial charge in [-0.25, -0.2) is 0 Å². The minimum absolute atomic E-state index is 0.0753. The van der Waals surface area contributed by atoms with Crippen LogP contribution in [0.5, 0.6) is 0 Å². The van der Waals surface area contributed by atoms with E-state index in [1.165, 1.54) is 19.3 Å². The molecule has 1 amide bonds. The summed E-state index contributed by atoms with van der Waals surface area (Å²) in [7, 11) is 0. The number of aliphatic hydroxyl groups is 1. The van der Waals surface area contributed by atoms with Crippen molar-refractivity contribution in [2.45, 2.75) is 82.4 Å². The summed E-state index contributed by atoms with van der Waals surface area (Å²) in [4.78, 5) is 12.0. The van der Waals surface area contributed by atoms with Crippen molar-refractivity contribution in [3.8, 4) is 0 Å². The maximum absolute atomic E-state index is 12.0. The largest absolute Gasteiger partial charge is 0.389 e. The number of hydrogen-bond donors (Lipinski definition) is 3. The Morgan fingerprint density at radius 3 is 2.47 bits per heavy atom. The lowest BCUT2D eigenvalue weighted by Crippen LogP contribution is -2.51. The normalized spacial score (nSPS) is 25.2. The van der Waals surface area contributed by atoms with Gasteiger partial charge in [-0.05, 0) is 32.6 Å². The first-order valence-electron chi connectivity index (χ1n) is 7.85. The van der Waals surface area contributed by atoms with Crippen LogP contribution in [0.1, 0.15) is 64.7 Å². The Bertz CT molecular complexity index is 295. The van der Waals surface area contributed by atoms with Crippen LogP contribution < -0.4 is 10.6 Å². The fourth-order valence-electron chi connectivity index (χ4n) is 3.22. The molecule has 0 heterocycles. The first kappa shape index (κ1) is 14.8. The predicted octanol–water partition coefficient (Wildman–Crippen LogP) is 1.72. The second kappa shape index (κ2) is 6.71. The molecule has 2 aliphatic rings. The van der Waals surface area contributed by atoms with Gasteiger partial charge in [-0.3, -0.25) is 4.79 Å². The van der Waals surface area contributed by atoms with Gasteiger partial charge in [-0.15, -0.1) is 0 Å². The summed E-state index contributed by atoms with van der Waals surface area (Å²) in [6, 6.07) is 0.154. The summed E-state index contributed by atoms with van der Waals surface area (Å²) in [5, 5.41) is 16.7. The summed E-state index contributed by atoms with van der Waals surface area (Å²) in [6.07, 6.45) is 9.82. The van der Waals surface area contributed by atoms with E-state index in [0.717, 1.165) is 38.5 Å². The highest BCUT2D eigenvalue weighted by molar-refractivity contribution is 5.81. The first-order valence-corrected chi connectivity index (χ1v) is 7.85. The lowest BCUT2D eigenvalue weighted by Gasteiger charge is -2.33. The third-order valence-corrected chi connectivity index (χ3v) is 4.62. The molecular formula is C15H28N2O2. The van der Waals surface area contributed by atoms with Gasteiger partial charge < -0.3 is 15.7 Å². The van der Waals surface area contributed by atoms with Crippen LogP contribution in [0.3, 0.4) is 0 Å². The van der Waals surface area contributed by atoms with E-state index < -0.39 is 5.60 Å². The second-order valence-corrected chi connectivity index (χ2v) is 6.38. The summed E-state index contributed by atoms with van der Waals surface area (Å²) in [6.45, 7) is 2.42. The van der Waals surface area contributed by atoms with Crippen molar-refractivity contribution < 1.29 is 9.90 Å². The molecule has 0 aliphatic heterocycles. The number of carbonyl (C=O) groups is 1. The number of nitrogens with one attached hydrogen (secondary N) is 2. The molecule has 0 bridgehead atoms. The number of carbonyl (C=O) groups excluding carboxylic acids is 1. The quantitative estimate of drug-likeness (QED) is 0.711. The van der Waals surface area contributed by atoms with Gasteiger partial charge in [0.1, 0.15) is 0 Å². The van der Waals surface area contributed by atoms with Crippen molar-refractivity contribution in [1.29, 1.82) is 0 Å². The highest BCUT2D eigenvalue weighted by Crippen LogP contribution is 2.27. The fraction of sp³-hybridized carbons (Fsp3) is 0.933. The molecule has 2 saturated carbocycles. The molecule has 0 aromatic heterocycles. The van der Waals surface area contributed by atoms with E-state index in [1.54, 1.807) is 0 Å². The van der Waals surface area contributed by atoms with Crippen molar-refractivity contribution in [1.82, 2.24) is 10.6 Å². The van der Waals surface area contributed by atoms with Crippen LogP contribution in [0.4, 0.5) is 0 Å². The van der Waals surface area contributed by atoms with Crippen LogP contribution in [0.15, 0.2) is 0 Å². The zero-order chi connectivity index (χ0) is 13.7. The van der Waals surface area contributed by atoms with Crippen LogP contribution in [0.2, 0.25) is 0 Å². The van der Waals surface area contributed by atoms with Crippen LogP contribution in [-0.4, -0.2) is 35.2 Å². The fourth-order valence-corrected chi connectivity index (χ4v) is 3.22. The Hall–Kier alpha value is -0.610. The predicted molar refractivity (Wildman–Crippen MR) is 75.9 cm³/mol. The Morgan fingerprint density at radius 1 is 1.21 bits per heavy atom. The van der Waals surface area contributed by atoms with Gasteiger partial charge in [0.15, 0.2) is 0 Å². The highest BCUT2D eigenvalue weighted by atomic mass is 16.3. The van der Waals surface area contributed by atoms with Crippen molar-refractivity contribution in [2.24, 2.45) is 0 Å². The van der Waals surface area contributed by atoms with Gasteiger partial charge >= 0.3 is 0 Å². The SMILES string of the molecule is CC(NCC1(O)CCCCC1)C(=O)NC1CCCC1. The van der Waals surface area contributed by atoms with E-state index in [4.69, 9.17) is 0 Å². The minimum atomic E-state index is -0.597. The molecule has 1 unspecified atom stereocenters. The summed E-state index contributed by atoms with van der Waals surface area (Å²) in [5.74, 6) is 0.0753. The Kier molecular flexibility index (Phi) is 5.22. The van der Waals surface area contributed by atoms with Crippen LogP contribution >= 0.6 is 0 Å².